The number of hydrogen-bond acceptors (Lipinski definition) is 5. The number of hydrogen-bond donors (Lipinski definition) is 1. The lowest BCUT2D eigenvalue weighted by atomic mass is 9.98. The molecular formula is C11H13N3O3S. The molecule has 1 fully saturated rings. The van der Waals surface area contributed by atoms with Gasteiger partial charge in [0.2, 0.25) is 5.91 Å². The number of imide groups is 1. The van der Waals surface area contributed by atoms with E-state index in [-0.39, 0.29) is 12.2 Å². The van der Waals surface area contributed by atoms with Crippen LogP contribution >= 0.6 is 11.3 Å². The minimum absolute atomic E-state index is 0.131. The zero-order valence-corrected chi connectivity index (χ0v) is 11.1. The predicted molar refractivity (Wildman–Crippen MR) is 65.1 cm³/mol. The molecule has 0 atom stereocenters. The van der Waals surface area contributed by atoms with Gasteiger partial charge in [-0.05, 0) is 20.8 Å². The van der Waals surface area contributed by atoms with E-state index in [9.17, 15) is 14.4 Å². The third-order valence-electron chi connectivity index (χ3n) is 2.87. The summed E-state index contributed by atoms with van der Waals surface area (Å²) in [5.74, 6) is -1.34. The van der Waals surface area contributed by atoms with Gasteiger partial charge < -0.3 is 4.90 Å². The van der Waals surface area contributed by atoms with Gasteiger partial charge in [-0.3, -0.25) is 19.7 Å². The molecule has 0 spiro atoms. The maximum absolute atomic E-state index is 12.3. The SMILES string of the molecule is Cc1nc(C(=O)N2CC(=O)NC(=O)C2(C)C)cs1. The molecule has 0 radical (unpaired) electrons. The Morgan fingerprint density at radius 3 is 2.72 bits per heavy atom. The minimum Gasteiger partial charge on any atom is -0.314 e. The Hall–Kier alpha value is -1.76. The van der Waals surface area contributed by atoms with Crippen molar-refractivity contribution < 1.29 is 14.4 Å². The summed E-state index contributed by atoms with van der Waals surface area (Å²) in [4.78, 5) is 40.7. The highest BCUT2D eigenvalue weighted by Gasteiger charge is 2.44. The van der Waals surface area contributed by atoms with Crippen LogP contribution in [0, 0.1) is 6.92 Å². The van der Waals surface area contributed by atoms with E-state index in [0.29, 0.717) is 0 Å². The zero-order valence-electron chi connectivity index (χ0n) is 10.3. The lowest BCUT2D eigenvalue weighted by molar-refractivity contribution is -0.143. The topological polar surface area (TPSA) is 79.4 Å². The quantitative estimate of drug-likeness (QED) is 0.744. The molecule has 0 aliphatic carbocycles. The fourth-order valence-electron chi connectivity index (χ4n) is 1.71. The summed E-state index contributed by atoms with van der Waals surface area (Å²) in [5, 5.41) is 4.62. The standard InChI is InChI=1S/C11H13N3O3S/c1-6-12-7(5-18-6)9(16)14-4-8(15)13-10(17)11(14,2)3/h5H,4H2,1-3H3,(H,13,15,17). The molecule has 0 unspecified atom stereocenters. The van der Waals surface area contributed by atoms with Crippen molar-refractivity contribution in [3.63, 3.8) is 0 Å². The number of carbonyl (C=O) groups is 3. The highest BCUT2D eigenvalue weighted by atomic mass is 32.1. The second-order valence-electron chi connectivity index (χ2n) is 4.58. The molecular weight excluding hydrogens is 254 g/mol. The van der Waals surface area contributed by atoms with Crippen LogP contribution in [-0.4, -0.2) is 39.7 Å². The summed E-state index contributed by atoms with van der Waals surface area (Å²) >= 11 is 1.35. The molecule has 1 N–H and O–H groups in total. The summed E-state index contributed by atoms with van der Waals surface area (Å²) in [7, 11) is 0. The molecule has 18 heavy (non-hydrogen) atoms. The van der Waals surface area contributed by atoms with E-state index in [1.807, 2.05) is 0 Å². The number of aryl methyl sites for hydroxylation is 1. The van der Waals surface area contributed by atoms with Gasteiger partial charge in [0.1, 0.15) is 17.8 Å². The Kier molecular flexibility index (Phi) is 2.94. The molecule has 1 aliphatic heterocycles. The van der Waals surface area contributed by atoms with Crippen LogP contribution < -0.4 is 5.32 Å². The summed E-state index contributed by atoms with van der Waals surface area (Å²) in [6.07, 6.45) is 0. The number of thiazole rings is 1. The number of amides is 3. The summed E-state index contributed by atoms with van der Waals surface area (Å²) in [5.41, 5.74) is -0.782. The Bertz CT molecular complexity index is 535. The van der Waals surface area contributed by atoms with Gasteiger partial charge >= 0.3 is 0 Å². The van der Waals surface area contributed by atoms with Gasteiger partial charge in [-0.25, -0.2) is 4.98 Å². The fraction of sp³-hybridized carbons (Fsp3) is 0.455. The van der Waals surface area contributed by atoms with Gasteiger partial charge in [0.25, 0.3) is 11.8 Å². The van der Waals surface area contributed by atoms with Crippen LogP contribution in [-0.2, 0) is 9.59 Å². The third-order valence-corrected chi connectivity index (χ3v) is 3.64. The molecule has 0 aromatic carbocycles. The van der Waals surface area contributed by atoms with Crippen LogP contribution in [0.5, 0.6) is 0 Å². The van der Waals surface area contributed by atoms with E-state index in [1.165, 1.54) is 16.2 Å². The molecule has 1 aliphatic rings. The van der Waals surface area contributed by atoms with E-state index >= 15 is 0 Å². The van der Waals surface area contributed by atoms with E-state index < -0.39 is 23.3 Å². The highest BCUT2D eigenvalue weighted by molar-refractivity contribution is 7.09. The number of aromatic nitrogens is 1. The smallest absolute Gasteiger partial charge is 0.274 e. The maximum Gasteiger partial charge on any atom is 0.274 e. The molecule has 1 aromatic rings. The Morgan fingerprint density at radius 2 is 2.17 bits per heavy atom. The van der Waals surface area contributed by atoms with E-state index in [0.717, 1.165) is 5.01 Å². The van der Waals surface area contributed by atoms with Gasteiger partial charge in [0, 0.05) is 5.38 Å². The van der Waals surface area contributed by atoms with Crippen molar-refractivity contribution in [2.24, 2.45) is 0 Å². The molecule has 7 heteroatoms. The van der Waals surface area contributed by atoms with Crippen LogP contribution in [0.1, 0.15) is 29.3 Å². The van der Waals surface area contributed by atoms with Crippen molar-refractivity contribution in [3.8, 4) is 0 Å². The molecule has 1 aromatic heterocycles. The average Bonchev–Trinajstić information content (AvgIpc) is 2.70. The van der Waals surface area contributed by atoms with E-state index in [2.05, 4.69) is 10.3 Å². The monoisotopic (exact) mass is 267 g/mol. The molecule has 2 heterocycles. The van der Waals surface area contributed by atoms with Crippen molar-refractivity contribution in [3.05, 3.63) is 16.1 Å². The van der Waals surface area contributed by atoms with Crippen molar-refractivity contribution in [2.45, 2.75) is 26.3 Å². The minimum atomic E-state index is -1.05. The molecule has 3 amide bonds. The van der Waals surface area contributed by atoms with Crippen molar-refractivity contribution in [1.82, 2.24) is 15.2 Å². The van der Waals surface area contributed by atoms with Gasteiger partial charge in [-0.1, -0.05) is 0 Å². The fourth-order valence-corrected chi connectivity index (χ4v) is 2.30. The van der Waals surface area contributed by atoms with Gasteiger partial charge in [-0.15, -0.1) is 11.3 Å². The first kappa shape index (κ1) is 12.7. The second kappa shape index (κ2) is 4.16. The van der Waals surface area contributed by atoms with Crippen LogP contribution in [0.3, 0.4) is 0 Å². The van der Waals surface area contributed by atoms with Crippen molar-refractivity contribution in [1.29, 1.82) is 0 Å². The predicted octanol–water partition coefficient (Wildman–Crippen LogP) is 0.329. The molecule has 0 saturated carbocycles. The lowest BCUT2D eigenvalue weighted by Gasteiger charge is -2.39. The van der Waals surface area contributed by atoms with Crippen molar-refractivity contribution >= 4 is 29.1 Å². The lowest BCUT2D eigenvalue weighted by Crippen LogP contribution is -2.65. The molecule has 1 saturated heterocycles. The number of rotatable bonds is 1. The second-order valence-corrected chi connectivity index (χ2v) is 5.64. The first-order chi connectivity index (χ1) is 8.32. The third kappa shape index (κ3) is 2.01. The van der Waals surface area contributed by atoms with Gasteiger partial charge in [0.15, 0.2) is 0 Å². The summed E-state index contributed by atoms with van der Waals surface area (Å²) in [6.45, 7) is 4.87. The van der Waals surface area contributed by atoms with Crippen LogP contribution in [0.2, 0.25) is 0 Å². The molecule has 6 nitrogen and oxygen atoms in total. The van der Waals surface area contributed by atoms with Crippen LogP contribution in [0.4, 0.5) is 0 Å². The Morgan fingerprint density at radius 1 is 1.50 bits per heavy atom. The summed E-state index contributed by atoms with van der Waals surface area (Å²) in [6, 6.07) is 0. The number of nitrogens with one attached hydrogen (secondary N) is 1. The zero-order chi connectivity index (χ0) is 13.5. The summed E-state index contributed by atoms with van der Waals surface area (Å²) < 4.78 is 0. The number of nitrogens with zero attached hydrogens (tertiary/aromatic N) is 2. The van der Waals surface area contributed by atoms with Crippen molar-refractivity contribution in [2.75, 3.05) is 6.54 Å². The van der Waals surface area contributed by atoms with Gasteiger partial charge in [0.05, 0.1) is 5.01 Å². The number of piperazine rings is 1. The normalized spacial score (nSPS) is 18.7. The van der Waals surface area contributed by atoms with Crippen LogP contribution in [0.15, 0.2) is 5.38 Å². The Balaban J connectivity index is 2.33. The molecule has 96 valence electrons. The molecule has 0 bridgehead atoms. The largest absolute Gasteiger partial charge is 0.314 e. The number of carbonyl (C=O) groups excluding carboxylic acids is 3. The van der Waals surface area contributed by atoms with Gasteiger partial charge in [-0.2, -0.15) is 0 Å². The first-order valence-electron chi connectivity index (χ1n) is 5.41. The van der Waals surface area contributed by atoms with Crippen LogP contribution in [0.25, 0.3) is 0 Å². The van der Waals surface area contributed by atoms with E-state index in [1.54, 1.807) is 26.2 Å². The molecule has 2 rings (SSSR count). The maximum atomic E-state index is 12.3. The Labute approximate surface area is 108 Å². The highest BCUT2D eigenvalue weighted by Crippen LogP contribution is 2.21. The van der Waals surface area contributed by atoms with E-state index in [4.69, 9.17) is 0 Å². The first-order valence-corrected chi connectivity index (χ1v) is 6.28. The average molecular weight is 267 g/mol.